The van der Waals surface area contributed by atoms with E-state index in [-0.39, 0.29) is 18.0 Å². The zero-order valence-electron chi connectivity index (χ0n) is 20.5. The number of methoxy groups -OCH3 is 1. The van der Waals surface area contributed by atoms with Crippen molar-refractivity contribution in [2.45, 2.75) is 82.3 Å². The summed E-state index contributed by atoms with van der Waals surface area (Å²) in [5, 5.41) is 15.2. The lowest BCUT2D eigenvalue weighted by molar-refractivity contribution is -0.0564. The lowest BCUT2D eigenvalue weighted by atomic mass is 9.74. The summed E-state index contributed by atoms with van der Waals surface area (Å²) in [4.78, 5) is 15.1. The van der Waals surface area contributed by atoms with Gasteiger partial charge in [-0.1, -0.05) is 62.4 Å². The predicted octanol–water partition coefficient (Wildman–Crippen LogP) is 4.41. The summed E-state index contributed by atoms with van der Waals surface area (Å²) < 4.78 is 5.21. The molecule has 1 aliphatic carbocycles. The Bertz CT molecular complexity index is 695. The highest BCUT2D eigenvalue weighted by Gasteiger charge is 2.41. The van der Waals surface area contributed by atoms with E-state index < -0.39 is 5.60 Å². The van der Waals surface area contributed by atoms with Crippen molar-refractivity contribution in [2.24, 2.45) is 17.6 Å². The number of piperidine rings is 1. The van der Waals surface area contributed by atoms with E-state index in [1.807, 2.05) is 35.2 Å². The lowest BCUT2D eigenvalue weighted by Crippen LogP contribution is -2.53. The van der Waals surface area contributed by atoms with E-state index in [1.165, 1.54) is 32.1 Å². The first kappa shape index (κ1) is 26.0. The number of nitrogens with zero attached hydrogens (tertiary/aromatic N) is 1. The van der Waals surface area contributed by atoms with Gasteiger partial charge in [-0.3, -0.25) is 0 Å². The van der Waals surface area contributed by atoms with Crippen molar-refractivity contribution >= 4 is 6.03 Å². The van der Waals surface area contributed by atoms with Gasteiger partial charge in [0.25, 0.3) is 0 Å². The maximum atomic E-state index is 13.2. The van der Waals surface area contributed by atoms with Crippen LogP contribution in [0.4, 0.5) is 4.79 Å². The molecule has 2 aliphatic rings. The minimum atomic E-state index is -0.941. The first-order valence-corrected chi connectivity index (χ1v) is 13.1. The number of nitrogens with one attached hydrogen (secondary N) is 1. The van der Waals surface area contributed by atoms with Crippen LogP contribution in [0.25, 0.3) is 0 Å². The molecule has 0 bridgehead atoms. The Morgan fingerprint density at radius 3 is 2.64 bits per heavy atom. The summed E-state index contributed by atoms with van der Waals surface area (Å²) in [5.74, 6) is 0.689. The van der Waals surface area contributed by atoms with E-state index in [0.717, 1.165) is 44.2 Å². The van der Waals surface area contributed by atoms with Crippen LogP contribution in [0.3, 0.4) is 0 Å². The first-order chi connectivity index (χ1) is 16.1. The second-order valence-corrected chi connectivity index (χ2v) is 10.1. The van der Waals surface area contributed by atoms with Gasteiger partial charge in [-0.15, -0.1) is 0 Å². The molecule has 1 saturated carbocycles. The molecule has 0 aromatic heterocycles. The fraction of sp³-hybridized carbons (Fsp3) is 0.741. The fourth-order valence-electron chi connectivity index (χ4n) is 5.81. The van der Waals surface area contributed by atoms with E-state index in [0.29, 0.717) is 32.0 Å². The van der Waals surface area contributed by atoms with Crippen LogP contribution in [0.1, 0.15) is 76.2 Å². The van der Waals surface area contributed by atoms with Crippen molar-refractivity contribution < 1.29 is 14.6 Å². The molecule has 1 heterocycles. The summed E-state index contributed by atoms with van der Waals surface area (Å²) in [6.45, 7) is 2.48. The van der Waals surface area contributed by atoms with Gasteiger partial charge in [0.15, 0.2) is 0 Å². The Morgan fingerprint density at radius 2 is 1.94 bits per heavy atom. The first-order valence-electron chi connectivity index (χ1n) is 13.1. The highest BCUT2D eigenvalue weighted by Crippen LogP contribution is 2.39. The molecule has 2 fully saturated rings. The van der Waals surface area contributed by atoms with E-state index in [2.05, 4.69) is 5.32 Å². The standard InChI is InChI=1S/C27H45N3O3/c1-33-18-9-8-16-27(32,23-13-6-3-7-14-23)24-15-10-17-30(21-24)26(31)29-25(20-28)19-22-11-4-2-5-12-22/h3,6-7,13-14,22,24-25,32H,2,4-5,8-12,15-21,28H2,1H3,(H,29,31)/t24-,25?,27-/m1/s1. The summed E-state index contributed by atoms with van der Waals surface area (Å²) >= 11 is 0. The summed E-state index contributed by atoms with van der Waals surface area (Å²) in [6, 6.07) is 9.99. The highest BCUT2D eigenvalue weighted by atomic mass is 16.5. The Balaban J connectivity index is 1.63. The molecular formula is C27H45N3O3. The molecule has 186 valence electrons. The highest BCUT2D eigenvalue weighted by molar-refractivity contribution is 5.74. The van der Waals surface area contributed by atoms with E-state index in [4.69, 9.17) is 10.5 Å². The molecule has 1 aliphatic heterocycles. The van der Waals surface area contributed by atoms with Crippen molar-refractivity contribution in [3.8, 4) is 0 Å². The molecule has 33 heavy (non-hydrogen) atoms. The number of carbonyl (C=O) groups is 1. The van der Waals surface area contributed by atoms with Crippen molar-refractivity contribution in [3.05, 3.63) is 35.9 Å². The second-order valence-electron chi connectivity index (χ2n) is 10.1. The van der Waals surface area contributed by atoms with Gasteiger partial charge in [-0.25, -0.2) is 4.79 Å². The molecule has 6 heteroatoms. The molecular weight excluding hydrogens is 414 g/mol. The fourth-order valence-corrected chi connectivity index (χ4v) is 5.81. The van der Waals surface area contributed by atoms with Crippen molar-refractivity contribution in [2.75, 3.05) is 33.4 Å². The van der Waals surface area contributed by atoms with Gasteiger partial charge in [0.2, 0.25) is 0 Å². The van der Waals surface area contributed by atoms with Gasteiger partial charge >= 0.3 is 6.03 Å². The monoisotopic (exact) mass is 459 g/mol. The van der Waals surface area contributed by atoms with Crippen molar-refractivity contribution in [1.29, 1.82) is 0 Å². The summed E-state index contributed by atoms with van der Waals surface area (Å²) in [5.41, 5.74) is 6.05. The largest absolute Gasteiger partial charge is 0.385 e. The number of hydrogen-bond donors (Lipinski definition) is 3. The van der Waals surface area contributed by atoms with Crippen LogP contribution in [0.15, 0.2) is 30.3 Å². The van der Waals surface area contributed by atoms with E-state index in [1.54, 1.807) is 7.11 Å². The Kier molecular flexibility index (Phi) is 10.5. The Labute approximate surface area is 200 Å². The molecule has 3 atom stereocenters. The Morgan fingerprint density at radius 1 is 1.18 bits per heavy atom. The van der Waals surface area contributed by atoms with Crippen molar-refractivity contribution in [3.63, 3.8) is 0 Å². The molecule has 1 saturated heterocycles. The van der Waals surface area contributed by atoms with Crippen LogP contribution in [-0.4, -0.2) is 55.4 Å². The van der Waals surface area contributed by atoms with Crippen molar-refractivity contribution in [1.82, 2.24) is 10.2 Å². The summed E-state index contributed by atoms with van der Waals surface area (Å²) in [7, 11) is 1.71. The molecule has 3 rings (SSSR count). The van der Waals surface area contributed by atoms with Gasteiger partial charge in [-0.2, -0.15) is 0 Å². The number of unbranched alkanes of at least 4 members (excludes halogenated alkanes) is 1. The summed E-state index contributed by atoms with van der Waals surface area (Å²) in [6.07, 6.45) is 11.7. The zero-order valence-corrected chi connectivity index (χ0v) is 20.5. The molecule has 0 spiro atoms. The van der Waals surface area contributed by atoms with Gasteiger partial charge in [-0.05, 0) is 50.0 Å². The SMILES string of the molecule is COCCCC[C@@](O)(c1ccccc1)[C@@H]1CCCN(C(=O)NC(CN)CC2CCCCC2)C1. The Hall–Kier alpha value is -1.63. The lowest BCUT2D eigenvalue weighted by Gasteiger charge is -2.43. The van der Waals surface area contributed by atoms with Gasteiger partial charge in [0.05, 0.1) is 5.60 Å². The molecule has 6 nitrogen and oxygen atoms in total. The van der Waals surface area contributed by atoms with Gasteiger partial charge in [0.1, 0.15) is 0 Å². The molecule has 1 unspecified atom stereocenters. The molecule has 1 aromatic carbocycles. The number of benzene rings is 1. The number of amides is 2. The zero-order chi connectivity index (χ0) is 23.5. The minimum Gasteiger partial charge on any atom is -0.385 e. The van der Waals surface area contributed by atoms with E-state index in [9.17, 15) is 9.90 Å². The minimum absolute atomic E-state index is 0.0108. The number of aliphatic hydroxyl groups is 1. The average Bonchev–Trinajstić information content (AvgIpc) is 2.87. The maximum Gasteiger partial charge on any atom is 0.317 e. The third-order valence-corrected chi connectivity index (χ3v) is 7.77. The quantitative estimate of drug-likeness (QED) is 0.428. The molecule has 1 aromatic rings. The number of rotatable bonds is 11. The van der Waals surface area contributed by atoms with Crippen LogP contribution in [0.5, 0.6) is 0 Å². The molecule has 2 amide bonds. The topological polar surface area (TPSA) is 87.8 Å². The van der Waals surface area contributed by atoms with Crippen LogP contribution in [0, 0.1) is 11.8 Å². The maximum absolute atomic E-state index is 13.2. The van der Waals surface area contributed by atoms with Gasteiger partial charge in [0, 0.05) is 45.3 Å². The molecule has 0 radical (unpaired) electrons. The number of urea groups is 1. The van der Waals surface area contributed by atoms with Crippen LogP contribution >= 0.6 is 0 Å². The third kappa shape index (κ3) is 7.43. The van der Waals surface area contributed by atoms with Crippen LogP contribution < -0.4 is 11.1 Å². The number of carbonyl (C=O) groups excluding carboxylic acids is 1. The molecule has 4 N–H and O–H groups in total. The normalized spacial score (nSPS) is 22.5. The second kappa shape index (κ2) is 13.3. The predicted molar refractivity (Wildman–Crippen MR) is 133 cm³/mol. The van der Waals surface area contributed by atoms with E-state index >= 15 is 0 Å². The smallest absolute Gasteiger partial charge is 0.317 e. The van der Waals surface area contributed by atoms with Crippen LogP contribution in [-0.2, 0) is 10.3 Å². The van der Waals surface area contributed by atoms with Crippen LogP contribution in [0.2, 0.25) is 0 Å². The number of hydrogen-bond acceptors (Lipinski definition) is 4. The van der Waals surface area contributed by atoms with Gasteiger partial charge < -0.3 is 25.8 Å². The number of nitrogens with two attached hydrogens (primary N) is 1. The number of ether oxygens (including phenoxy) is 1. The third-order valence-electron chi connectivity index (χ3n) is 7.77. The average molecular weight is 460 g/mol. The number of likely N-dealkylation sites (tertiary alicyclic amines) is 1.